The van der Waals surface area contributed by atoms with Crippen LogP contribution in [0.4, 0.5) is 0 Å². The molecular formula is C17H26N2O3. The molecule has 2 rings (SSSR count). The lowest BCUT2D eigenvalue weighted by Gasteiger charge is -2.35. The minimum atomic E-state index is -0.487. The van der Waals surface area contributed by atoms with Crippen molar-refractivity contribution in [2.45, 2.75) is 45.9 Å². The molecule has 0 saturated carbocycles. The van der Waals surface area contributed by atoms with Gasteiger partial charge < -0.3 is 20.1 Å². The van der Waals surface area contributed by atoms with E-state index in [0.29, 0.717) is 13.2 Å². The summed E-state index contributed by atoms with van der Waals surface area (Å²) in [4.78, 5) is 14.3. The summed E-state index contributed by atoms with van der Waals surface area (Å²) < 4.78 is 11.7. The van der Waals surface area contributed by atoms with Gasteiger partial charge in [-0.3, -0.25) is 4.79 Å². The topological polar surface area (TPSA) is 64.8 Å². The fourth-order valence-electron chi connectivity index (χ4n) is 2.40. The maximum atomic E-state index is 12.5. The third-order valence-electron chi connectivity index (χ3n) is 3.88. The van der Waals surface area contributed by atoms with Gasteiger partial charge in [0.05, 0.1) is 12.6 Å². The number of hydrogen-bond acceptors (Lipinski definition) is 4. The van der Waals surface area contributed by atoms with E-state index in [4.69, 9.17) is 15.2 Å². The fourth-order valence-corrected chi connectivity index (χ4v) is 2.40. The number of para-hydroxylation sites is 2. The Morgan fingerprint density at radius 2 is 1.91 bits per heavy atom. The highest BCUT2D eigenvalue weighted by atomic mass is 16.6. The van der Waals surface area contributed by atoms with Gasteiger partial charge in [-0.1, -0.05) is 26.0 Å². The standard InChI is InChI=1S/C17H26N2O3/c1-11(2)16(18)17(20)19(12(3)4)9-13-10-21-14-7-5-6-8-15(14)22-13/h5-8,11-13,16H,9-10,18H2,1-4H3/t13-,16-/m0/s1. The summed E-state index contributed by atoms with van der Waals surface area (Å²) >= 11 is 0. The highest BCUT2D eigenvalue weighted by Crippen LogP contribution is 2.31. The van der Waals surface area contributed by atoms with Gasteiger partial charge in [-0.05, 0) is 31.9 Å². The van der Waals surface area contributed by atoms with Gasteiger partial charge in [-0.15, -0.1) is 0 Å². The van der Waals surface area contributed by atoms with Gasteiger partial charge in [0.15, 0.2) is 17.6 Å². The number of carbonyl (C=O) groups excluding carboxylic acids is 1. The summed E-state index contributed by atoms with van der Waals surface area (Å²) in [5, 5.41) is 0. The van der Waals surface area contributed by atoms with Gasteiger partial charge in [0.2, 0.25) is 5.91 Å². The van der Waals surface area contributed by atoms with Crippen molar-refractivity contribution in [2.75, 3.05) is 13.2 Å². The number of rotatable bonds is 5. The van der Waals surface area contributed by atoms with Crippen molar-refractivity contribution in [1.29, 1.82) is 0 Å². The third-order valence-corrected chi connectivity index (χ3v) is 3.88. The first kappa shape index (κ1) is 16.6. The molecular weight excluding hydrogens is 280 g/mol. The molecule has 0 aromatic heterocycles. The van der Waals surface area contributed by atoms with E-state index in [1.807, 2.05) is 52.0 Å². The smallest absolute Gasteiger partial charge is 0.240 e. The van der Waals surface area contributed by atoms with Crippen molar-refractivity contribution >= 4 is 5.91 Å². The molecule has 0 unspecified atom stereocenters. The predicted octanol–water partition coefficient (Wildman–Crippen LogP) is 2.05. The second-order valence-electron chi connectivity index (χ2n) is 6.35. The van der Waals surface area contributed by atoms with Crippen molar-refractivity contribution in [3.8, 4) is 11.5 Å². The van der Waals surface area contributed by atoms with Crippen LogP contribution >= 0.6 is 0 Å². The van der Waals surface area contributed by atoms with Crippen LogP contribution in [0, 0.1) is 5.92 Å². The van der Waals surface area contributed by atoms with E-state index in [1.54, 1.807) is 4.90 Å². The Bertz CT molecular complexity index is 516. The van der Waals surface area contributed by atoms with Gasteiger partial charge in [0.25, 0.3) is 0 Å². The van der Waals surface area contributed by atoms with E-state index in [1.165, 1.54) is 0 Å². The van der Waals surface area contributed by atoms with E-state index in [2.05, 4.69) is 0 Å². The molecule has 122 valence electrons. The molecule has 1 aliphatic heterocycles. The van der Waals surface area contributed by atoms with Crippen LogP contribution in [0.2, 0.25) is 0 Å². The van der Waals surface area contributed by atoms with Crippen molar-refractivity contribution in [3.05, 3.63) is 24.3 Å². The number of fused-ring (bicyclic) bond motifs is 1. The van der Waals surface area contributed by atoms with E-state index < -0.39 is 6.04 Å². The molecule has 2 N–H and O–H groups in total. The van der Waals surface area contributed by atoms with Crippen LogP contribution in [0.15, 0.2) is 24.3 Å². The summed E-state index contributed by atoms with van der Waals surface area (Å²) in [7, 11) is 0. The van der Waals surface area contributed by atoms with Gasteiger partial charge in [-0.25, -0.2) is 0 Å². The summed E-state index contributed by atoms with van der Waals surface area (Å²) in [5.74, 6) is 1.55. The van der Waals surface area contributed by atoms with E-state index in [9.17, 15) is 4.79 Å². The minimum Gasteiger partial charge on any atom is -0.486 e. The normalized spacial score (nSPS) is 18.4. The van der Waals surface area contributed by atoms with Gasteiger partial charge in [0.1, 0.15) is 6.61 Å². The Labute approximate surface area is 132 Å². The molecule has 22 heavy (non-hydrogen) atoms. The Kier molecular flexibility index (Phi) is 5.29. The number of hydrogen-bond donors (Lipinski definition) is 1. The molecule has 1 amide bonds. The minimum absolute atomic E-state index is 0.0348. The fraction of sp³-hybridized carbons (Fsp3) is 0.588. The Morgan fingerprint density at radius 1 is 1.27 bits per heavy atom. The van der Waals surface area contributed by atoms with Crippen LogP contribution < -0.4 is 15.2 Å². The van der Waals surface area contributed by atoms with Crippen LogP contribution in [0.1, 0.15) is 27.7 Å². The molecule has 0 radical (unpaired) electrons. The lowest BCUT2D eigenvalue weighted by atomic mass is 10.0. The average Bonchev–Trinajstić information content (AvgIpc) is 2.50. The second-order valence-corrected chi connectivity index (χ2v) is 6.35. The summed E-state index contributed by atoms with van der Waals surface area (Å²) in [6.45, 7) is 8.80. The van der Waals surface area contributed by atoms with Crippen LogP contribution in [0.25, 0.3) is 0 Å². The molecule has 1 aliphatic rings. The van der Waals surface area contributed by atoms with Crippen LogP contribution in [0.5, 0.6) is 11.5 Å². The van der Waals surface area contributed by atoms with Crippen molar-refractivity contribution in [2.24, 2.45) is 11.7 Å². The molecule has 2 atom stereocenters. The summed E-state index contributed by atoms with van der Waals surface area (Å²) in [6, 6.07) is 7.16. The zero-order valence-electron chi connectivity index (χ0n) is 13.8. The summed E-state index contributed by atoms with van der Waals surface area (Å²) in [5.41, 5.74) is 6.02. The van der Waals surface area contributed by atoms with Gasteiger partial charge in [-0.2, -0.15) is 0 Å². The van der Waals surface area contributed by atoms with Gasteiger partial charge >= 0.3 is 0 Å². The molecule has 0 aliphatic carbocycles. The first-order valence-corrected chi connectivity index (χ1v) is 7.84. The highest BCUT2D eigenvalue weighted by Gasteiger charge is 2.30. The monoisotopic (exact) mass is 306 g/mol. The predicted molar refractivity (Wildman–Crippen MR) is 86.0 cm³/mol. The molecule has 1 heterocycles. The zero-order chi connectivity index (χ0) is 16.3. The quantitative estimate of drug-likeness (QED) is 0.904. The number of amides is 1. The lowest BCUT2D eigenvalue weighted by molar-refractivity contribution is -0.137. The Morgan fingerprint density at radius 3 is 2.50 bits per heavy atom. The van der Waals surface area contributed by atoms with E-state index >= 15 is 0 Å². The van der Waals surface area contributed by atoms with Crippen LogP contribution in [-0.4, -0.2) is 42.1 Å². The zero-order valence-corrected chi connectivity index (χ0v) is 13.8. The molecule has 1 aromatic carbocycles. The van der Waals surface area contributed by atoms with Crippen LogP contribution in [-0.2, 0) is 4.79 Å². The average molecular weight is 306 g/mol. The van der Waals surface area contributed by atoms with Crippen molar-refractivity contribution < 1.29 is 14.3 Å². The molecule has 5 heteroatoms. The maximum Gasteiger partial charge on any atom is 0.240 e. The number of carbonyl (C=O) groups is 1. The molecule has 0 fully saturated rings. The Balaban J connectivity index is 2.05. The first-order valence-electron chi connectivity index (χ1n) is 7.84. The van der Waals surface area contributed by atoms with Crippen molar-refractivity contribution in [3.63, 3.8) is 0 Å². The number of ether oxygens (including phenoxy) is 2. The summed E-state index contributed by atoms with van der Waals surface area (Å²) in [6.07, 6.45) is -0.180. The lowest BCUT2D eigenvalue weighted by Crippen LogP contribution is -2.53. The molecule has 0 spiro atoms. The molecule has 0 bridgehead atoms. The molecule has 5 nitrogen and oxygen atoms in total. The first-order chi connectivity index (χ1) is 10.4. The van der Waals surface area contributed by atoms with E-state index in [0.717, 1.165) is 11.5 Å². The van der Waals surface area contributed by atoms with E-state index in [-0.39, 0.29) is 24.0 Å². The number of nitrogens with two attached hydrogens (primary N) is 1. The van der Waals surface area contributed by atoms with Gasteiger partial charge in [0, 0.05) is 6.04 Å². The number of benzene rings is 1. The Hall–Kier alpha value is -1.75. The third kappa shape index (κ3) is 3.71. The molecule has 0 saturated heterocycles. The maximum absolute atomic E-state index is 12.5. The second kappa shape index (κ2) is 7.01. The molecule has 1 aromatic rings. The largest absolute Gasteiger partial charge is 0.486 e. The highest BCUT2D eigenvalue weighted by molar-refractivity contribution is 5.82. The SMILES string of the molecule is CC(C)[C@H](N)C(=O)N(C[C@H]1COc2ccccc2O1)C(C)C. The number of nitrogens with zero attached hydrogens (tertiary/aromatic N) is 1. The van der Waals surface area contributed by atoms with Crippen LogP contribution in [0.3, 0.4) is 0 Å². The van der Waals surface area contributed by atoms with Crippen molar-refractivity contribution in [1.82, 2.24) is 4.90 Å².